The molecule has 0 fully saturated rings. The predicted molar refractivity (Wildman–Crippen MR) is 78.7 cm³/mol. The lowest BCUT2D eigenvalue weighted by Gasteiger charge is -2.05. The van der Waals surface area contributed by atoms with Gasteiger partial charge in [0.2, 0.25) is 0 Å². The quantitative estimate of drug-likeness (QED) is 0.627. The van der Waals surface area contributed by atoms with Crippen LogP contribution in [0.3, 0.4) is 0 Å². The average molecular weight is 248 g/mol. The number of pyridine rings is 1. The maximum Gasteiger partial charge on any atom is 0.0372 e. The molecule has 0 atom stereocenters. The Balaban J connectivity index is 1.91. The molecule has 0 saturated carbocycles. The van der Waals surface area contributed by atoms with Crippen LogP contribution in [0.25, 0.3) is 0 Å². The van der Waals surface area contributed by atoms with Gasteiger partial charge >= 0.3 is 0 Å². The standard InChI is InChI=1S/C16H28N2/c1-3-4-5-6-7-8-9-12-17-13-16-11-10-15(2)18-14-16/h10-11,14,17H,3-9,12-13H2,1-2H3. The van der Waals surface area contributed by atoms with Gasteiger partial charge in [0.1, 0.15) is 0 Å². The number of nitrogens with zero attached hydrogens (tertiary/aromatic N) is 1. The highest BCUT2D eigenvalue weighted by molar-refractivity contribution is 5.12. The van der Waals surface area contributed by atoms with Crippen LogP contribution in [0.1, 0.15) is 63.1 Å². The summed E-state index contributed by atoms with van der Waals surface area (Å²) in [5.41, 5.74) is 2.37. The summed E-state index contributed by atoms with van der Waals surface area (Å²) in [7, 11) is 0. The van der Waals surface area contributed by atoms with E-state index in [-0.39, 0.29) is 0 Å². The Labute approximate surface area is 112 Å². The molecular weight excluding hydrogens is 220 g/mol. The monoisotopic (exact) mass is 248 g/mol. The Morgan fingerprint density at radius 2 is 1.72 bits per heavy atom. The molecule has 0 aliphatic heterocycles. The number of nitrogens with one attached hydrogen (secondary N) is 1. The molecule has 0 bridgehead atoms. The smallest absolute Gasteiger partial charge is 0.0372 e. The molecule has 1 aromatic rings. The van der Waals surface area contributed by atoms with Crippen LogP contribution in [0.5, 0.6) is 0 Å². The zero-order valence-corrected chi connectivity index (χ0v) is 12.0. The highest BCUT2D eigenvalue weighted by Crippen LogP contribution is 2.06. The fraction of sp³-hybridized carbons (Fsp3) is 0.688. The first kappa shape index (κ1) is 15.2. The third-order valence-corrected chi connectivity index (χ3v) is 3.26. The van der Waals surface area contributed by atoms with E-state index in [2.05, 4.69) is 29.4 Å². The Kier molecular flexibility index (Phi) is 8.49. The second kappa shape index (κ2) is 10.1. The van der Waals surface area contributed by atoms with Gasteiger partial charge in [0, 0.05) is 18.4 Å². The number of unbranched alkanes of at least 4 members (excludes halogenated alkanes) is 6. The first-order valence-electron chi connectivity index (χ1n) is 7.45. The lowest BCUT2D eigenvalue weighted by Crippen LogP contribution is -2.14. The maximum absolute atomic E-state index is 4.30. The number of aromatic nitrogens is 1. The summed E-state index contributed by atoms with van der Waals surface area (Å²) in [4.78, 5) is 4.30. The number of hydrogen-bond acceptors (Lipinski definition) is 2. The van der Waals surface area contributed by atoms with Crippen LogP contribution in [0, 0.1) is 6.92 Å². The minimum atomic E-state index is 0.948. The molecule has 1 aromatic heterocycles. The van der Waals surface area contributed by atoms with Crippen molar-refractivity contribution in [2.45, 2.75) is 65.3 Å². The highest BCUT2D eigenvalue weighted by atomic mass is 14.8. The van der Waals surface area contributed by atoms with Crippen LogP contribution in [-0.2, 0) is 6.54 Å². The molecule has 1 heterocycles. The van der Waals surface area contributed by atoms with Gasteiger partial charge in [-0.25, -0.2) is 0 Å². The Morgan fingerprint density at radius 1 is 1.00 bits per heavy atom. The lowest BCUT2D eigenvalue weighted by molar-refractivity contribution is 0.562. The van der Waals surface area contributed by atoms with E-state index in [1.807, 2.05) is 13.1 Å². The van der Waals surface area contributed by atoms with Crippen molar-refractivity contribution in [2.75, 3.05) is 6.54 Å². The van der Waals surface area contributed by atoms with E-state index >= 15 is 0 Å². The second-order valence-corrected chi connectivity index (χ2v) is 5.11. The van der Waals surface area contributed by atoms with Gasteiger partial charge in [0.15, 0.2) is 0 Å². The minimum Gasteiger partial charge on any atom is -0.313 e. The summed E-state index contributed by atoms with van der Waals surface area (Å²) in [6.07, 6.45) is 11.6. The topological polar surface area (TPSA) is 24.9 Å². The average Bonchev–Trinajstić information content (AvgIpc) is 2.39. The number of aryl methyl sites for hydroxylation is 1. The highest BCUT2D eigenvalue weighted by Gasteiger charge is 1.94. The SMILES string of the molecule is CCCCCCCCCNCc1ccc(C)nc1. The first-order chi connectivity index (χ1) is 8.83. The van der Waals surface area contributed by atoms with Gasteiger partial charge in [0.25, 0.3) is 0 Å². The molecular formula is C16H28N2. The van der Waals surface area contributed by atoms with Crippen LogP contribution < -0.4 is 5.32 Å². The molecule has 0 unspecified atom stereocenters. The molecule has 102 valence electrons. The normalized spacial score (nSPS) is 10.8. The largest absolute Gasteiger partial charge is 0.313 e. The van der Waals surface area contributed by atoms with Crippen molar-refractivity contribution in [1.82, 2.24) is 10.3 Å². The third-order valence-electron chi connectivity index (χ3n) is 3.26. The Bertz CT molecular complexity index is 292. The molecule has 2 nitrogen and oxygen atoms in total. The van der Waals surface area contributed by atoms with Crippen molar-refractivity contribution in [3.63, 3.8) is 0 Å². The summed E-state index contributed by atoms with van der Waals surface area (Å²) in [6, 6.07) is 4.23. The van der Waals surface area contributed by atoms with Crippen molar-refractivity contribution in [1.29, 1.82) is 0 Å². The van der Waals surface area contributed by atoms with Crippen LogP contribution in [0.15, 0.2) is 18.3 Å². The summed E-state index contributed by atoms with van der Waals surface area (Å²) in [5, 5.41) is 3.48. The van der Waals surface area contributed by atoms with Gasteiger partial charge in [-0.05, 0) is 31.5 Å². The van der Waals surface area contributed by atoms with E-state index in [4.69, 9.17) is 0 Å². The van der Waals surface area contributed by atoms with Crippen molar-refractivity contribution in [2.24, 2.45) is 0 Å². The van der Waals surface area contributed by atoms with E-state index in [0.29, 0.717) is 0 Å². The maximum atomic E-state index is 4.30. The summed E-state index contributed by atoms with van der Waals surface area (Å²) < 4.78 is 0. The summed E-state index contributed by atoms with van der Waals surface area (Å²) in [6.45, 7) is 6.37. The molecule has 0 saturated heterocycles. The molecule has 1 N–H and O–H groups in total. The number of hydrogen-bond donors (Lipinski definition) is 1. The third kappa shape index (κ3) is 7.44. The molecule has 1 rings (SSSR count). The Hall–Kier alpha value is -0.890. The van der Waals surface area contributed by atoms with Crippen molar-refractivity contribution in [3.05, 3.63) is 29.6 Å². The second-order valence-electron chi connectivity index (χ2n) is 5.11. The zero-order chi connectivity index (χ0) is 13.1. The number of rotatable bonds is 10. The van der Waals surface area contributed by atoms with Crippen molar-refractivity contribution >= 4 is 0 Å². The van der Waals surface area contributed by atoms with Gasteiger partial charge in [-0.2, -0.15) is 0 Å². The van der Waals surface area contributed by atoms with Crippen molar-refractivity contribution in [3.8, 4) is 0 Å². The van der Waals surface area contributed by atoms with Gasteiger partial charge in [0.05, 0.1) is 0 Å². The van der Waals surface area contributed by atoms with Gasteiger partial charge < -0.3 is 5.32 Å². The van der Waals surface area contributed by atoms with E-state index in [0.717, 1.165) is 18.8 Å². The van der Waals surface area contributed by atoms with Gasteiger partial charge in [-0.15, -0.1) is 0 Å². The molecule has 0 amide bonds. The molecule has 18 heavy (non-hydrogen) atoms. The fourth-order valence-electron chi connectivity index (χ4n) is 2.04. The molecule has 0 radical (unpaired) electrons. The van der Waals surface area contributed by atoms with Crippen LogP contribution in [-0.4, -0.2) is 11.5 Å². The molecule has 0 spiro atoms. The van der Waals surface area contributed by atoms with Crippen LogP contribution in [0.4, 0.5) is 0 Å². The molecule has 0 aliphatic carbocycles. The molecule has 0 aromatic carbocycles. The molecule has 0 aliphatic rings. The van der Waals surface area contributed by atoms with E-state index < -0.39 is 0 Å². The van der Waals surface area contributed by atoms with Crippen LogP contribution >= 0.6 is 0 Å². The van der Waals surface area contributed by atoms with Gasteiger partial charge in [-0.1, -0.05) is 51.5 Å². The van der Waals surface area contributed by atoms with E-state index in [1.165, 1.54) is 50.5 Å². The summed E-state index contributed by atoms with van der Waals surface area (Å²) in [5.74, 6) is 0. The van der Waals surface area contributed by atoms with Gasteiger partial charge in [-0.3, -0.25) is 4.98 Å². The van der Waals surface area contributed by atoms with Crippen molar-refractivity contribution < 1.29 is 0 Å². The Morgan fingerprint density at radius 3 is 2.39 bits per heavy atom. The minimum absolute atomic E-state index is 0.948. The molecule has 2 heteroatoms. The first-order valence-corrected chi connectivity index (χ1v) is 7.45. The van der Waals surface area contributed by atoms with E-state index in [9.17, 15) is 0 Å². The zero-order valence-electron chi connectivity index (χ0n) is 12.0. The lowest BCUT2D eigenvalue weighted by atomic mass is 10.1. The van der Waals surface area contributed by atoms with E-state index in [1.54, 1.807) is 0 Å². The van der Waals surface area contributed by atoms with Crippen LogP contribution in [0.2, 0.25) is 0 Å². The predicted octanol–water partition coefficient (Wildman–Crippen LogP) is 4.23. The summed E-state index contributed by atoms with van der Waals surface area (Å²) >= 11 is 0. The fourth-order valence-corrected chi connectivity index (χ4v) is 2.04.